The van der Waals surface area contributed by atoms with E-state index in [1.807, 2.05) is 26.1 Å². The number of halogens is 1. The van der Waals surface area contributed by atoms with E-state index in [1.54, 1.807) is 32.6 Å². The van der Waals surface area contributed by atoms with Crippen LogP contribution in [0.5, 0.6) is 17.2 Å². The number of ether oxygens (including phenoxy) is 3. The molecule has 0 amide bonds. The van der Waals surface area contributed by atoms with Gasteiger partial charge in [-0.2, -0.15) is 0 Å². The number of guanidine groups is 1. The van der Waals surface area contributed by atoms with Crippen LogP contribution in [0.2, 0.25) is 0 Å². The van der Waals surface area contributed by atoms with E-state index in [2.05, 4.69) is 32.7 Å². The Balaban J connectivity index is 0.00000392. The lowest BCUT2D eigenvalue weighted by molar-refractivity contribution is 0.288. The monoisotopic (exact) mass is 519 g/mol. The van der Waals surface area contributed by atoms with E-state index in [4.69, 9.17) is 14.2 Å². The maximum Gasteiger partial charge on any atom is 0.203 e. The van der Waals surface area contributed by atoms with Gasteiger partial charge in [-0.3, -0.25) is 4.99 Å². The van der Waals surface area contributed by atoms with Crippen LogP contribution in [0.3, 0.4) is 0 Å². The number of nitrogens with one attached hydrogen (secondary N) is 1. The zero-order valence-electron chi connectivity index (χ0n) is 17.2. The van der Waals surface area contributed by atoms with E-state index in [9.17, 15) is 0 Å². The fourth-order valence-corrected chi connectivity index (χ4v) is 3.43. The lowest BCUT2D eigenvalue weighted by Gasteiger charge is -2.22. The van der Waals surface area contributed by atoms with Crippen molar-refractivity contribution in [3.63, 3.8) is 0 Å². The quantitative estimate of drug-likeness (QED) is 0.308. The van der Waals surface area contributed by atoms with Crippen LogP contribution in [0.15, 0.2) is 34.6 Å². The molecule has 0 unspecified atom stereocenters. The van der Waals surface area contributed by atoms with Gasteiger partial charge in [0, 0.05) is 32.1 Å². The fourth-order valence-electron chi connectivity index (χ4n) is 2.73. The third-order valence-electron chi connectivity index (χ3n) is 4.11. The van der Waals surface area contributed by atoms with Gasteiger partial charge in [0.25, 0.3) is 0 Å². The van der Waals surface area contributed by atoms with E-state index in [0.717, 1.165) is 24.5 Å². The average Bonchev–Trinajstić information content (AvgIpc) is 3.21. The second kappa shape index (κ2) is 12.7. The summed E-state index contributed by atoms with van der Waals surface area (Å²) in [5, 5.41) is 5.50. The number of hydrogen-bond acceptors (Lipinski definition) is 5. The minimum absolute atomic E-state index is 0. The zero-order chi connectivity index (χ0) is 19.6. The predicted octanol–water partition coefficient (Wildman–Crippen LogP) is 4.03. The maximum atomic E-state index is 5.66. The molecule has 8 heteroatoms. The number of hydrogen-bond donors (Lipinski definition) is 1. The Hall–Kier alpha value is -1.68. The molecule has 1 aromatic heterocycles. The van der Waals surface area contributed by atoms with Crippen molar-refractivity contribution in [3.05, 3.63) is 40.1 Å². The van der Waals surface area contributed by atoms with E-state index in [1.165, 1.54) is 4.88 Å². The molecular weight excluding hydrogens is 489 g/mol. The van der Waals surface area contributed by atoms with Crippen LogP contribution in [0.1, 0.15) is 17.4 Å². The van der Waals surface area contributed by atoms with Crippen LogP contribution in [0, 0.1) is 0 Å². The Morgan fingerprint density at radius 3 is 2.39 bits per heavy atom. The van der Waals surface area contributed by atoms with Gasteiger partial charge in [0.15, 0.2) is 17.5 Å². The van der Waals surface area contributed by atoms with Gasteiger partial charge in [-0.15, -0.1) is 35.3 Å². The highest BCUT2D eigenvalue weighted by Gasteiger charge is 2.14. The molecule has 0 atom stereocenters. The van der Waals surface area contributed by atoms with E-state index >= 15 is 0 Å². The first-order valence-electron chi connectivity index (χ1n) is 8.94. The number of nitrogens with zero attached hydrogens (tertiary/aromatic N) is 2. The van der Waals surface area contributed by atoms with Gasteiger partial charge < -0.3 is 24.4 Å². The lowest BCUT2D eigenvalue weighted by atomic mass is 10.1. The van der Waals surface area contributed by atoms with Crippen molar-refractivity contribution in [3.8, 4) is 17.2 Å². The second-order valence-corrected chi connectivity index (χ2v) is 6.95. The molecule has 1 N–H and O–H groups in total. The first kappa shape index (κ1) is 24.4. The molecule has 1 aromatic carbocycles. The van der Waals surface area contributed by atoms with E-state index in [-0.39, 0.29) is 24.0 Å². The standard InChI is InChI=1S/C20H29N3O3S.HI/c1-6-26-19-17(24-4)12-15(13-18(19)25-5)14-22-20(21-2)23(3)10-9-16-8-7-11-27-16;/h7-8,11-13H,6,9-10,14H2,1-5H3,(H,21,22);1H. The third kappa shape index (κ3) is 6.73. The van der Waals surface area contributed by atoms with Crippen molar-refractivity contribution in [2.24, 2.45) is 4.99 Å². The molecule has 0 radical (unpaired) electrons. The number of benzene rings is 1. The van der Waals surface area contributed by atoms with Gasteiger partial charge >= 0.3 is 0 Å². The molecule has 0 spiro atoms. The van der Waals surface area contributed by atoms with Gasteiger partial charge in [0.1, 0.15) is 0 Å². The van der Waals surface area contributed by atoms with E-state index < -0.39 is 0 Å². The smallest absolute Gasteiger partial charge is 0.203 e. The molecule has 6 nitrogen and oxygen atoms in total. The summed E-state index contributed by atoms with van der Waals surface area (Å²) in [7, 11) is 7.10. The number of likely N-dealkylation sites (N-methyl/N-ethyl adjacent to an activating group) is 1. The van der Waals surface area contributed by atoms with Crippen molar-refractivity contribution in [1.82, 2.24) is 10.2 Å². The number of methoxy groups -OCH3 is 2. The topological polar surface area (TPSA) is 55.3 Å². The van der Waals surface area contributed by atoms with Gasteiger partial charge in [0.2, 0.25) is 5.75 Å². The summed E-state index contributed by atoms with van der Waals surface area (Å²) in [5.41, 5.74) is 1.03. The van der Waals surface area contributed by atoms with Crippen LogP contribution in [-0.2, 0) is 13.0 Å². The molecule has 0 bridgehead atoms. The highest BCUT2D eigenvalue weighted by molar-refractivity contribution is 14.0. The molecule has 28 heavy (non-hydrogen) atoms. The fraction of sp³-hybridized carbons (Fsp3) is 0.450. The zero-order valence-corrected chi connectivity index (χ0v) is 20.3. The molecule has 0 aliphatic carbocycles. The summed E-state index contributed by atoms with van der Waals surface area (Å²) in [6.45, 7) is 3.99. The van der Waals surface area contributed by atoms with Crippen LogP contribution < -0.4 is 19.5 Å². The summed E-state index contributed by atoms with van der Waals surface area (Å²) in [5.74, 6) is 2.80. The summed E-state index contributed by atoms with van der Waals surface area (Å²) < 4.78 is 16.6. The van der Waals surface area contributed by atoms with E-state index in [0.29, 0.717) is 30.4 Å². The highest BCUT2D eigenvalue weighted by atomic mass is 127. The minimum Gasteiger partial charge on any atom is -0.493 e. The minimum atomic E-state index is 0. The number of thiophene rings is 1. The van der Waals surface area contributed by atoms with Crippen molar-refractivity contribution >= 4 is 41.3 Å². The number of aliphatic imine (C=N–C) groups is 1. The molecule has 0 saturated heterocycles. The van der Waals surface area contributed by atoms with Crippen molar-refractivity contribution in [2.45, 2.75) is 19.9 Å². The maximum absolute atomic E-state index is 5.66. The first-order valence-corrected chi connectivity index (χ1v) is 9.82. The predicted molar refractivity (Wildman–Crippen MR) is 127 cm³/mol. The molecular formula is C20H30IN3O3S. The van der Waals surface area contributed by atoms with Gasteiger partial charge in [-0.25, -0.2) is 0 Å². The molecule has 156 valence electrons. The Kier molecular flexibility index (Phi) is 11.1. The Labute approximate surface area is 188 Å². The molecule has 1 heterocycles. The Morgan fingerprint density at radius 2 is 1.89 bits per heavy atom. The van der Waals surface area contributed by atoms with Crippen molar-refractivity contribution in [1.29, 1.82) is 0 Å². The van der Waals surface area contributed by atoms with Crippen LogP contribution in [0.4, 0.5) is 0 Å². The average molecular weight is 519 g/mol. The molecule has 0 fully saturated rings. The van der Waals surface area contributed by atoms with Gasteiger partial charge in [-0.1, -0.05) is 6.07 Å². The molecule has 0 aliphatic rings. The molecule has 2 aromatic rings. The van der Waals surface area contributed by atoms with Crippen LogP contribution in [-0.4, -0.2) is 52.3 Å². The van der Waals surface area contributed by atoms with Crippen molar-refractivity contribution < 1.29 is 14.2 Å². The normalized spacial score (nSPS) is 10.8. The van der Waals surface area contributed by atoms with Crippen LogP contribution in [0.25, 0.3) is 0 Å². The summed E-state index contributed by atoms with van der Waals surface area (Å²) in [6.07, 6.45) is 1.000. The third-order valence-corrected chi connectivity index (χ3v) is 5.04. The number of rotatable bonds is 9. The van der Waals surface area contributed by atoms with Crippen LogP contribution >= 0.6 is 35.3 Å². The largest absolute Gasteiger partial charge is 0.493 e. The Bertz CT molecular complexity index is 713. The summed E-state index contributed by atoms with van der Waals surface area (Å²) in [4.78, 5) is 7.88. The summed E-state index contributed by atoms with van der Waals surface area (Å²) in [6, 6.07) is 8.16. The molecule has 2 rings (SSSR count). The highest BCUT2D eigenvalue weighted by Crippen LogP contribution is 2.38. The SMILES string of the molecule is CCOc1c(OC)cc(CNC(=NC)N(C)CCc2cccs2)cc1OC.I. The van der Waals surface area contributed by atoms with Gasteiger partial charge in [0.05, 0.1) is 20.8 Å². The Morgan fingerprint density at radius 1 is 1.21 bits per heavy atom. The van der Waals surface area contributed by atoms with Crippen molar-refractivity contribution in [2.75, 3.05) is 41.5 Å². The molecule has 0 aliphatic heterocycles. The molecule has 0 saturated carbocycles. The summed E-state index contributed by atoms with van der Waals surface area (Å²) >= 11 is 1.78. The second-order valence-electron chi connectivity index (χ2n) is 5.91. The first-order chi connectivity index (χ1) is 13.1. The lowest BCUT2D eigenvalue weighted by Crippen LogP contribution is -2.39. The van der Waals surface area contributed by atoms with Gasteiger partial charge in [-0.05, 0) is 42.5 Å².